The Morgan fingerprint density at radius 2 is 1.82 bits per heavy atom. The van der Waals surface area contributed by atoms with Gasteiger partial charge in [0.2, 0.25) is 5.91 Å². The number of methoxy groups -OCH3 is 1. The van der Waals surface area contributed by atoms with E-state index in [1.54, 1.807) is 36.4 Å². The number of anilines is 1. The van der Waals surface area contributed by atoms with Crippen LogP contribution >= 0.6 is 11.8 Å². The maximum absolute atomic E-state index is 12.7. The first-order valence-corrected chi connectivity index (χ1v) is 10.9. The number of ether oxygens (including phenoxy) is 3. The second-order valence-electron chi connectivity index (χ2n) is 6.87. The first-order chi connectivity index (χ1) is 16.3. The van der Waals surface area contributed by atoms with Crippen LogP contribution in [0.25, 0.3) is 6.08 Å². The lowest BCUT2D eigenvalue weighted by molar-refractivity contribution is -0.139. The van der Waals surface area contributed by atoms with Gasteiger partial charge in [-0.2, -0.15) is 0 Å². The first-order valence-electron chi connectivity index (χ1n) is 10.1. The quantitative estimate of drug-likeness (QED) is 0.486. The van der Waals surface area contributed by atoms with Crippen molar-refractivity contribution >= 4 is 46.5 Å². The Labute approximate surface area is 199 Å². The van der Waals surface area contributed by atoms with Crippen LogP contribution in [0, 0.1) is 0 Å². The summed E-state index contributed by atoms with van der Waals surface area (Å²) in [5.41, 5.74) is 1.04. The maximum Gasteiger partial charge on any atom is 0.341 e. The van der Waals surface area contributed by atoms with Crippen LogP contribution in [0.1, 0.15) is 12.5 Å². The topological polar surface area (TPSA) is 131 Å². The van der Waals surface area contributed by atoms with Crippen LogP contribution in [-0.4, -0.2) is 59.9 Å². The zero-order chi connectivity index (χ0) is 24.7. The molecule has 1 fully saturated rings. The molecule has 0 aliphatic carbocycles. The fourth-order valence-corrected chi connectivity index (χ4v) is 3.80. The molecule has 1 heterocycles. The number of aliphatic carboxylic acids is 1. The van der Waals surface area contributed by atoms with Crippen molar-refractivity contribution in [3.63, 3.8) is 0 Å². The summed E-state index contributed by atoms with van der Waals surface area (Å²) in [5.74, 6) is -1.09. The molecule has 2 aromatic rings. The van der Waals surface area contributed by atoms with Crippen LogP contribution in [-0.2, 0) is 14.4 Å². The molecule has 1 saturated heterocycles. The van der Waals surface area contributed by atoms with Crippen LogP contribution in [0.15, 0.2) is 47.4 Å². The SMILES string of the molecule is CCOc1ccc(NC(=O)CN2C(=O)S/C(=C/c3ccc(OCC(=O)O)c(OC)c3)C2=O)cc1. The third-order valence-electron chi connectivity index (χ3n) is 4.46. The number of amides is 3. The molecule has 11 heteroatoms. The molecule has 3 amide bonds. The minimum atomic E-state index is -1.13. The molecule has 0 unspecified atom stereocenters. The second-order valence-corrected chi connectivity index (χ2v) is 7.86. The van der Waals surface area contributed by atoms with Gasteiger partial charge in [-0.1, -0.05) is 6.07 Å². The molecule has 10 nitrogen and oxygen atoms in total. The van der Waals surface area contributed by atoms with Crippen molar-refractivity contribution in [1.29, 1.82) is 0 Å². The normalized spacial score (nSPS) is 14.3. The highest BCUT2D eigenvalue weighted by Crippen LogP contribution is 2.34. The number of rotatable bonds is 10. The predicted molar refractivity (Wildman–Crippen MR) is 125 cm³/mol. The largest absolute Gasteiger partial charge is 0.494 e. The highest BCUT2D eigenvalue weighted by atomic mass is 32.2. The van der Waals surface area contributed by atoms with Crippen molar-refractivity contribution in [1.82, 2.24) is 4.90 Å². The first kappa shape index (κ1) is 24.6. The smallest absolute Gasteiger partial charge is 0.341 e. The van der Waals surface area contributed by atoms with E-state index in [2.05, 4.69) is 5.32 Å². The van der Waals surface area contributed by atoms with E-state index in [1.165, 1.54) is 19.3 Å². The lowest BCUT2D eigenvalue weighted by Gasteiger charge is -2.13. The Balaban J connectivity index is 1.66. The van der Waals surface area contributed by atoms with Gasteiger partial charge in [0, 0.05) is 5.69 Å². The standard InChI is InChI=1S/C23H22N2O8S/c1-3-32-16-7-5-15(6-8-16)24-20(26)12-25-22(29)19(34-23(25)30)11-14-4-9-17(18(10-14)31-2)33-13-21(27)28/h4-11H,3,12-13H2,1-2H3,(H,24,26)(H,27,28)/b19-11+. The van der Waals surface area contributed by atoms with Crippen molar-refractivity contribution in [3.8, 4) is 17.2 Å². The highest BCUT2D eigenvalue weighted by Gasteiger charge is 2.36. The molecule has 34 heavy (non-hydrogen) atoms. The summed E-state index contributed by atoms with van der Waals surface area (Å²) in [5, 5.41) is 10.8. The number of carboxylic acid groups (broad SMARTS) is 1. The lowest BCUT2D eigenvalue weighted by atomic mass is 10.2. The number of carboxylic acids is 1. The highest BCUT2D eigenvalue weighted by molar-refractivity contribution is 8.18. The molecule has 178 valence electrons. The van der Waals surface area contributed by atoms with E-state index in [4.69, 9.17) is 19.3 Å². The summed E-state index contributed by atoms with van der Waals surface area (Å²) in [6.45, 7) is 1.42. The third-order valence-corrected chi connectivity index (χ3v) is 5.37. The Morgan fingerprint density at radius 1 is 1.09 bits per heavy atom. The van der Waals surface area contributed by atoms with Crippen molar-refractivity contribution in [2.75, 3.05) is 32.2 Å². The Hall–Kier alpha value is -3.99. The zero-order valence-electron chi connectivity index (χ0n) is 18.4. The molecular formula is C23H22N2O8S. The van der Waals surface area contributed by atoms with Gasteiger partial charge in [-0.25, -0.2) is 4.79 Å². The molecule has 3 rings (SSSR count). The molecule has 2 N–H and O–H groups in total. The molecule has 0 atom stereocenters. The Kier molecular flexibility index (Phi) is 8.14. The lowest BCUT2D eigenvalue weighted by Crippen LogP contribution is -2.36. The third kappa shape index (κ3) is 6.29. The van der Waals surface area contributed by atoms with E-state index in [0.717, 1.165) is 4.90 Å². The van der Waals surface area contributed by atoms with Crippen molar-refractivity contribution in [2.45, 2.75) is 6.92 Å². The number of thioether (sulfide) groups is 1. The molecule has 0 spiro atoms. The summed E-state index contributed by atoms with van der Waals surface area (Å²) < 4.78 is 15.7. The van der Waals surface area contributed by atoms with Crippen LogP contribution in [0.3, 0.4) is 0 Å². The predicted octanol–water partition coefficient (Wildman–Crippen LogP) is 3.23. The molecule has 0 saturated carbocycles. The van der Waals surface area contributed by atoms with E-state index < -0.39 is 36.2 Å². The average molecular weight is 487 g/mol. The van der Waals surface area contributed by atoms with Crippen LogP contribution in [0.5, 0.6) is 17.2 Å². The summed E-state index contributed by atoms with van der Waals surface area (Å²) >= 11 is 0.716. The maximum atomic E-state index is 12.7. The van der Waals surface area contributed by atoms with Gasteiger partial charge in [-0.3, -0.25) is 19.3 Å². The van der Waals surface area contributed by atoms with Crippen LogP contribution in [0.4, 0.5) is 10.5 Å². The number of hydrogen-bond acceptors (Lipinski definition) is 8. The minimum absolute atomic E-state index is 0.139. The molecule has 0 aromatic heterocycles. The molecular weight excluding hydrogens is 464 g/mol. The van der Waals surface area contributed by atoms with Gasteiger partial charge in [-0.15, -0.1) is 0 Å². The van der Waals surface area contributed by atoms with Crippen molar-refractivity contribution in [3.05, 3.63) is 52.9 Å². The number of imide groups is 1. The van der Waals surface area contributed by atoms with E-state index in [0.29, 0.717) is 35.4 Å². The van der Waals surface area contributed by atoms with Crippen molar-refractivity contribution < 1.29 is 38.5 Å². The summed E-state index contributed by atoms with van der Waals surface area (Å²) in [7, 11) is 1.39. The zero-order valence-corrected chi connectivity index (χ0v) is 19.2. The molecule has 0 radical (unpaired) electrons. The second kappa shape index (κ2) is 11.2. The minimum Gasteiger partial charge on any atom is -0.494 e. The fraction of sp³-hybridized carbons (Fsp3) is 0.217. The molecule has 0 bridgehead atoms. The van der Waals surface area contributed by atoms with Gasteiger partial charge in [0.05, 0.1) is 18.6 Å². The molecule has 2 aromatic carbocycles. The van der Waals surface area contributed by atoms with Crippen LogP contribution in [0.2, 0.25) is 0 Å². The van der Waals surface area contributed by atoms with Gasteiger partial charge in [0.15, 0.2) is 18.1 Å². The monoisotopic (exact) mass is 486 g/mol. The van der Waals surface area contributed by atoms with Gasteiger partial charge >= 0.3 is 5.97 Å². The van der Waals surface area contributed by atoms with E-state index in [1.807, 2.05) is 6.92 Å². The Bertz CT molecular complexity index is 1130. The van der Waals surface area contributed by atoms with E-state index in [-0.39, 0.29) is 16.4 Å². The Morgan fingerprint density at radius 3 is 2.47 bits per heavy atom. The number of benzene rings is 2. The van der Waals surface area contributed by atoms with Gasteiger partial charge in [-0.05, 0) is 66.7 Å². The van der Waals surface area contributed by atoms with Crippen LogP contribution < -0.4 is 19.5 Å². The van der Waals surface area contributed by atoms with Gasteiger partial charge < -0.3 is 24.6 Å². The number of hydrogen-bond donors (Lipinski definition) is 2. The number of carbonyl (C=O) groups is 4. The van der Waals surface area contributed by atoms with Gasteiger partial charge in [0.25, 0.3) is 11.1 Å². The number of carbonyl (C=O) groups excluding carboxylic acids is 3. The average Bonchev–Trinajstić information content (AvgIpc) is 3.06. The summed E-state index contributed by atoms with van der Waals surface area (Å²) in [6, 6.07) is 11.4. The molecule has 1 aliphatic rings. The van der Waals surface area contributed by atoms with Gasteiger partial charge in [0.1, 0.15) is 12.3 Å². The van der Waals surface area contributed by atoms with Crippen molar-refractivity contribution in [2.24, 2.45) is 0 Å². The molecule has 1 aliphatic heterocycles. The fourth-order valence-electron chi connectivity index (χ4n) is 2.97. The summed E-state index contributed by atoms with van der Waals surface area (Å²) in [6.07, 6.45) is 1.48. The van der Waals surface area contributed by atoms with E-state index in [9.17, 15) is 19.2 Å². The number of nitrogens with one attached hydrogen (secondary N) is 1. The number of nitrogens with zero attached hydrogens (tertiary/aromatic N) is 1. The summed E-state index contributed by atoms with van der Waals surface area (Å²) in [4.78, 5) is 49.1. The van der Waals surface area contributed by atoms with E-state index >= 15 is 0 Å².